The SMILES string of the molecule is C1CCCCCC2(CCCCC1)OOCC(OC1CCCCO1)COO2. The Labute approximate surface area is 157 Å². The second-order valence-electron chi connectivity index (χ2n) is 7.88. The number of ether oxygens (including phenoxy) is 2. The lowest BCUT2D eigenvalue weighted by atomic mass is 9.97. The molecular weight excluding hydrogens is 336 g/mol. The number of rotatable bonds is 2. The van der Waals surface area contributed by atoms with Crippen LogP contribution in [0.3, 0.4) is 0 Å². The second-order valence-corrected chi connectivity index (χ2v) is 7.88. The third-order valence-electron chi connectivity index (χ3n) is 5.53. The molecule has 3 aliphatic rings. The summed E-state index contributed by atoms with van der Waals surface area (Å²) in [6, 6.07) is 0. The van der Waals surface area contributed by atoms with Crippen LogP contribution in [0.5, 0.6) is 0 Å². The molecule has 2 heterocycles. The van der Waals surface area contributed by atoms with Gasteiger partial charge in [-0.2, -0.15) is 9.78 Å². The first-order valence-electron chi connectivity index (χ1n) is 10.7. The van der Waals surface area contributed by atoms with Gasteiger partial charge in [-0.25, -0.2) is 9.78 Å². The van der Waals surface area contributed by atoms with Crippen molar-refractivity contribution in [1.29, 1.82) is 0 Å². The molecule has 3 fully saturated rings. The van der Waals surface area contributed by atoms with Gasteiger partial charge in [-0.05, 0) is 32.1 Å². The molecule has 152 valence electrons. The lowest BCUT2D eigenvalue weighted by Crippen LogP contribution is -2.43. The highest BCUT2D eigenvalue weighted by Crippen LogP contribution is 2.31. The zero-order valence-electron chi connectivity index (χ0n) is 16.1. The summed E-state index contributed by atoms with van der Waals surface area (Å²) < 4.78 is 11.5. The molecule has 0 aromatic carbocycles. The van der Waals surface area contributed by atoms with Crippen LogP contribution < -0.4 is 0 Å². The maximum atomic E-state index is 5.92. The molecule has 1 spiro atoms. The summed E-state index contributed by atoms with van der Waals surface area (Å²) in [5, 5.41) is 0. The molecule has 1 atom stereocenters. The smallest absolute Gasteiger partial charge is 0.233 e. The van der Waals surface area contributed by atoms with E-state index in [2.05, 4.69) is 0 Å². The number of hydrogen-bond donors (Lipinski definition) is 0. The lowest BCUT2D eigenvalue weighted by molar-refractivity contribution is -0.534. The highest BCUT2D eigenvalue weighted by atomic mass is 17.3. The van der Waals surface area contributed by atoms with Gasteiger partial charge in [0, 0.05) is 19.4 Å². The summed E-state index contributed by atoms with van der Waals surface area (Å²) in [4.78, 5) is 22.7. The maximum Gasteiger partial charge on any atom is 0.233 e. The third-order valence-corrected chi connectivity index (χ3v) is 5.53. The Morgan fingerprint density at radius 1 is 0.654 bits per heavy atom. The topological polar surface area (TPSA) is 55.4 Å². The molecule has 26 heavy (non-hydrogen) atoms. The maximum absolute atomic E-state index is 5.92. The fourth-order valence-corrected chi connectivity index (χ4v) is 3.93. The Morgan fingerprint density at radius 2 is 1.23 bits per heavy atom. The Balaban J connectivity index is 1.46. The Bertz CT molecular complexity index is 347. The van der Waals surface area contributed by atoms with Gasteiger partial charge in [-0.1, -0.05) is 44.9 Å². The molecule has 0 aromatic heterocycles. The predicted octanol–water partition coefficient (Wildman–Crippen LogP) is 4.81. The van der Waals surface area contributed by atoms with Gasteiger partial charge in [0.05, 0.1) is 0 Å². The van der Waals surface area contributed by atoms with Gasteiger partial charge in [0.1, 0.15) is 19.3 Å². The van der Waals surface area contributed by atoms with E-state index >= 15 is 0 Å². The van der Waals surface area contributed by atoms with E-state index < -0.39 is 5.79 Å². The van der Waals surface area contributed by atoms with E-state index in [1.807, 2.05) is 0 Å². The van der Waals surface area contributed by atoms with Crippen LogP contribution in [-0.2, 0) is 29.0 Å². The van der Waals surface area contributed by atoms with Crippen molar-refractivity contribution in [3.05, 3.63) is 0 Å². The van der Waals surface area contributed by atoms with Gasteiger partial charge < -0.3 is 9.47 Å². The standard InChI is InChI=1S/C20H36O6/c1-2-4-6-9-13-20(14-10-7-5-3-1)25-22-16-18(17-23-26-20)24-19-12-8-11-15-21-19/h18-19H,1-17H2. The second kappa shape index (κ2) is 11.6. The Kier molecular flexibility index (Phi) is 9.12. The highest BCUT2D eigenvalue weighted by Gasteiger charge is 2.37. The van der Waals surface area contributed by atoms with Crippen molar-refractivity contribution in [1.82, 2.24) is 0 Å². The molecule has 2 aliphatic heterocycles. The predicted molar refractivity (Wildman–Crippen MR) is 96.1 cm³/mol. The molecule has 1 aliphatic carbocycles. The van der Waals surface area contributed by atoms with Crippen molar-refractivity contribution in [2.24, 2.45) is 0 Å². The first-order chi connectivity index (χ1) is 12.9. The Morgan fingerprint density at radius 3 is 1.77 bits per heavy atom. The van der Waals surface area contributed by atoms with Crippen molar-refractivity contribution in [3.63, 3.8) is 0 Å². The summed E-state index contributed by atoms with van der Waals surface area (Å²) in [5.74, 6) is -0.772. The normalized spacial score (nSPS) is 30.7. The summed E-state index contributed by atoms with van der Waals surface area (Å²) in [6.45, 7) is 1.44. The summed E-state index contributed by atoms with van der Waals surface area (Å²) in [6.07, 6.45) is 15.5. The molecule has 2 saturated heterocycles. The molecule has 1 unspecified atom stereocenters. The summed E-state index contributed by atoms with van der Waals surface area (Å²) >= 11 is 0. The highest BCUT2D eigenvalue weighted by molar-refractivity contribution is 4.70. The molecule has 1 saturated carbocycles. The van der Waals surface area contributed by atoms with Crippen LogP contribution in [0, 0.1) is 0 Å². The molecule has 0 radical (unpaired) electrons. The van der Waals surface area contributed by atoms with Crippen molar-refractivity contribution in [2.45, 2.75) is 108 Å². The summed E-state index contributed by atoms with van der Waals surface area (Å²) in [7, 11) is 0. The van der Waals surface area contributed by atoms with Crippen LogP contribution in [0.2, 0.25) is 0 Å². The largest absolute Gasteiger partial charge is 0.353 e. The molecular formula is C20H36O6. The first kappa shape index (κ1) is 20.5. The number of hydrogen-bond acceptors (Lipinski definition) is 6. The average molecular weight is 373 g/mol. The van der Waals surface area contributed by atoms with E-state index in [0.29, 0.717) is 13.2 Å². The van der Waals surface area contributed by atoms with Crippen LogP contribution in [0.1, 0.15) is 89.9 Å². The van der Waals surface area contributed by atoms with Crippen LogP contribution in [-0.4, -0.2) is 38.0 Å². The van der Waals surface area contributed by atoms with Gasteiger partial charge in [0.25, 0.3) is 0 Å². The van der Waals surface area contributed by atoms with Crippen molar-refractivity contribution < 1.29 is 29.0 Å². The molecule has 6 nitrogen and oxygen atoms in total. The van der Waals surface area contributed by atoms with E-state index in [1.54, 1.807) is 0 Å². The van der Waals surface area contributed by atoms with E-state index in [4.69, 9.17) is 29.0 Å². The van der Waals surface area contributed by atoms with Gasteiger partial charge in [0.15, 0.2) is 6.29 Å². The Hall–Kier alpha value is -0.240. The fraction of sp³-hybridized carbons (Fsp3) is 1.00. The average Bonchev–Trinajstić information content (AvgIpc) is 2.63. The fourth-order valence-electron chi connectivity index (χ4n) is 3.93. The first-order valence-corrected chi connectivity index (χ1v) is 10.7. The van der Waals surface area contributed by atoms with Crippen LogP contribution in [0.4, 0.5) is 0 Å². The van der Waals surface area contributed by atoms with Crippen LogP contribution >= 0.6 is 0 Å². The van der Waals surface area contributed by atoms with E-state index in [-0.39, 0.29) is 12.4 Å². The van der Waals surface area contributed by atoms with Crippen molar-refractivity contribution in [3.8, 4) is 0 Å². The minimum atomic E-state index is -0.772. The molecule has 6 heteroatoms. The quantitative estimate of drug-likeness (QED) is 0.649. The molecule has 0 bridgehead atoms. The van der Waals surface area contributed by atoms with Crippen LogP contribution in [0.15, 0.2) is 0 Å². The van der Waals surface area contributed by atoms with Gasteiger partial charge >= 0.3 is 0 Å². The molecule has 0 aromatic rings. The van der Waals surface area contributed by atoms with E-state index in [9.17, 15) is 0 Å². The zero-order chi connectivity index (χ0) is 17.9. The monoisotopic (exact) mass is 372 g/mol. The molecule has 0 N–H and O–H groups in total. The lowest BCUT2D eigenvalue weighted by Gasteiger charge is -2.35. The van der Waals surface area contributed by atoms with E-state index in [1.165, 1.54) is 44.9 Å². The minimum absolute atomic E-state index is 0.171. The minimum Gasteiger partial charge on any atom is -0.353 e. The van der Waals surface area contributed by atoms with Crippen LogP contribution in [0.25, 0.3) is 0 Å². The van der Waals surface area contributed by atoms with Gasteiger partial charge in [0.2, 0.25) is 5.79 Å². The summed E-state index contributed by atoms with van der Waals surface area (Å²) in [5.41, 5.74) is 0. The van der Waals surface area contributed by atoms with Crippen molar-refractivity contribution >= 4 is 0 Å². The molecule has 3 rings (SSSR count). The van der Waals surface area contributed by atoms with Crippen molar-refractivity contribution in [2.75, 3.05) is 19.8 Å². The zero-order valence-corrected chi connectivity index (χ0v) is 16.1. The third kappa shape index (κ3) is 7.06. The molecule has 0 amide bonds. The van der Waals surface area contributed by atoms with Gasteiger partial charge in [-0.15, -0.1) is 0 Å². The van der Waals surface area contributed by atoms with Gasteiger partial charge in [-0.3, -0.25) is 0 Å². The van der Waals surface area contributed by atoms with E-state index in [0.717, 1.165) is 51.6 Å².